The van der Waals surface area contributed by atoms with Gasteiger partial charge >= 0.3 is 0 Å². The van der Waals surface area contributed by atoms with Gasteiger partial charge in [0.15, 0.2) is 18.1 Å². The van der Waals surface area contributed by atoms with Crippen LogP contribution in [-0.4, -0.2) is 86.4 Å². The first kappa shape index (κ1) is 27.0. The van der Waals surface area contributed by atoms with Gasteiger partial charge in [0.25, 0.3) is 17.1 Å². The molecule has 2 aliphatic heterocycles. The SMILES string of the molecule is COc1ccccc1NC(=O)CN1C(=O)S/C(=C\c2ccc(OCC(=O)N3CCOCC3)c(OC)c2)C1=O. The number of hydrogen-bond acceptors (Lipinski definition) is 9. The van der Waals surface area contributed by atoms with E-state index in [9.17, 15) is 19.2 Å². The molecule has 0 radical (unpaired) electrons. The lowest BCUT2D eigenvalue weighted by atomic mass is 10.2. The largest absolute Gasteiger partial charge is 0.495 e. The number of imide groups is 1. The zero-order valence-corrected chi connectivity index (χ0v) is 21.7. The first-order valence-corrected chi connectivity index (χ1v) is 12.6. The number of benzene rings is 2. The summed E-state index contributed by atoms with van der Waals surface area (Å²) in [5.74, 6) is -0.0701. The molecule has 0 unspecified atom stereocenters. The summed E-state index contributed by atoms with van der Waals surface area (Å²) in [4.78, 5) is 53.0. The summed E-state index contributed by atoms with van der Waals surface area (Å²) in [6.45, 7) is 1.46. The molecular formula is C26H27N3O8S. The highest BCUT2D eigenvalue weighted by Crippen LogP contribution is 2.34. The van der Waals surface area contributed by atoms with Gasteiger partial charge in [-0.2, -0.15) is 0 Å². The van der Waals surface area contributed by atoms with E-state index in [4.69, 9.17) is 18.9 Å². The molecule has 0 aliphatic carbocycles. The third kappa shape index (κ3) is 6.45. The normalized spacial score (nSPS) is 16.5. The Morgan fingerprint density at radius 3 is 2.50 bits per heavy atom. The maximum absolute atomic E-state index is 12.9. The number of ether oxygens (including phenoxy) is 4. The quantitative estimate of drug-likeness (QED) is 0.477. The fraction of sp³-hybridized carbons (Fsp3) is 0.308. The van der Waals surface area contributed by atoms with Crippen molar-refractivity contribution in [3.8, 4) is 17.2 Å². The Kier molecular flexibility index (Phi) is 8.87. The molecule has 0 aromatic heterocycles. The van der Waals surface area contributed by atoms with Crippen molar-refractivity contribution in [3.05, 3.63) is 52.9 Å². The van der Waals surface area contributed by atoms with Crippen molar-refractivity contribution >= 4 is 46.5 Å². The van der Waals surface area contributed by atoms with Crippen molar-refractivity contribution in [2.75, 3.05) is 59.0 Å². The summed E-state index contributed by atoms with van der Waals surface area (Å²) in [6.07, 6.45) is 1.54. The lowest BCUT2D eigenvalue weighted by Crippen LogP contribution is -2.43. The Balaban J connectivity index is 1.39. The lowest BCUT2D eigenvalue weighted by Gasteiger charge is -2.26. The van der Waals surface area contributed by atoms with E-state index in [-0.39, 0.29) is 17.4 Å². The van der Waals surface area contributed by atoms with Gasteiger partial charge in [0.05, 0.1) is 38.0 Å². The molecule has 0 bridgehead atoms. The van der Waals surface area contributed by atoms with Crippen LogP contribution in [0, 0.1) is 0 Å². The number of carbonyl (C=O) groups is 4. The summed E-state index contributed by atoms with van der Waals surface area (Å²) in [6, 6.07) is 11.8. The lowest BCUT2D eigenvalue weighted by molar-refractivity contribution is -0.137. The number of nitrogens with one attached hydrogen (secondary N) is 1. The Labute approximate surface area is 223 Å². The third-order valence-corrected chi connectivity index (χ3v) is 6.66. The fourth-order valence-electron chi connectivity index (χ4n) is 3.81. The van der Waals surface area contributed by atoms with Crippen LogP contribution in [0.5, 0.6) is 17.2 Å². The average Bonchev–Trinajstić information content (AvgIpc) is 3.19. The van der Waals surface area contributed by atoms with Crippen molar-refractivity contribution < 1.29 is 38.1 Å². The number of carbonyl (C=O) groups excluding carboxylic acids is 4. The maximum Gasteiger partial charge on any atom is 0.294 e. The van der Waals surface area contributed by atoms with Gasteiger partial charge in [0, 0.05) is 13.1 Å². The molecule has 2 heterocycles. The van der Waals surface area contributed by atoms with Crippen LogP contribution < -0.4 is 19.5 Å². The zero-order valence-electron chi connectivity index (χ0n) is 20.9. The molecule has 12 heteroatoms. The molecule has 2 aromatic carbocycles. The van der Waals surface area contributed by atoms with E-state index in [0.29, 0.717) is 54.8 Å². The Bertz CT molecular complexity index is 1260. The van der Waals surface area contributed by atoms with Gasteiger partial charge in [0.2, 0.25) is 5.91 Å². The molecule has 0 saturated carbocycles. The number of anilines is 1. The second kappa shape index (κ2) is 12.5. The molecule has 0 spiro atoms. The van der Waals surface area contributed by atoms with Gasteiger partial charge < -0.3 is 29.2 Å². The van der Waals surface area contributed by atoms with Gasteiger partial charge in [-0.3, -0.25) is 24.1 Å². The first-order valence-electron chi connectivity index (χ1n) is 11.7. The number of morpholine rings is 1. The number of amides is 4. The minimum Gasteiger partial charge on any atom is -0.495 e. The minimum atomic E-state index is -0.578. The summed E-state index contributed by atoms with van der Waals surface area (Å²) >= 11 is 0.742. The molecule has 4 amide bonds. The molecule has 4 rings (SSSR count). The molecule has 11 nitrogen and oxygen atoms in total. The van der Waals surface area contributed by atoms with E-state index in [2.05, 4.69) is 5.32 Å². The second-order valence-electron chi connectivity index (χ2n) is 8.21. The summed E-state index contributed by atoms with van der Waals surface area (Å²) in [5, 5.41) is 2.10. The molecule has 2 saturated heterocycles. The van der Waals surface area contributed by atoms with Gasteiger partial charge in [-0.25, -0.2) is 0 Å². The number of nitrogens with zero attached hydrogens (tertiary/aromatic N) is 2. The highest BCUT2D eigenvalue weighted by molar-refractivity contribution is 8.18. The van der Waals surface area contributed by atoms with E-state index < -0.39 is 23.6 Å². The van der Waals surface area contributed by atoms with Crippen molar-refractivity contribution in [3.63, 3.8) is 0 Å². The van der Waals surface area contributed by atoms with Gasteiger partial charge in [-0.05, 0) is 47.7 Å². The molecule has 200 valence electrons. The van der Waals surface area contributed by atoms with Crippen LogP contribution in [-0.2, 0) is 19.1 Å². The smallest absolute Gasteiger partial charge is 0.294 e. The Hall–Kier alpha value is -4.03. The summed E-state index contributed by atoms with van der Waals surface area (Å²) in [5.41, 5.74) is 1.02. The molecule has 0 atom stereocenters. The van der Waals surface area contributed by atoms with Crippen LogP contribution in [0.3, 0.4) is 0 Å². The fourth-order valence-corrected chi connectivity index (χ4v) is 4.64. The van der Waals surface area contributed by atoms with Gasteiger partial charge in [0.1, 0.15) is 12.3 Å². The van der Waals surface area contributed by atoms with E-state index >= 15 is 0 Å². The number of methoxy groups -OCH3 is 2. The summed E-state index contributed by atoms with van der Waals surface area (Å²) in [7, 11) is 2.94. The van der Waals surface area contributed by atoms with Crippen LogP contribution in [0.4, 0.5) is 10.5 Å². The van der Waals surface area contributed by atoms with Crippen LogP contribution in [0.15, 0.2) is 47.4 Å². The van der Waals surface area contributed by atoms with E-state index in [0.717, 1.165) is 16.7 Å². The van der Waals surface area contributed by atoms with Crippen LogP contribution >= 0.6 is 11.8 Å². The Morgan fingerprint density at radius 2 is 1.76 bits per heavy atom. The van der Waals surface area contributed by atoms with E-state index in [1.807, 2.05) is 0 Å². The molecule has 2 fully saturated rings. The second-order valence-corrected chi connectivity index (χ2v) is 9.20. The number of hydrogen-bond donors (Lipinski definition) is 1. The highest BCUT2D eigenvalue weighted by atomic mass is 32.2. The molecule has 38 heavy (non-hydrogen) atoms. The standard InChI is InChI=1S/C26H27N3O8S/c1-34-19-6-4-3-5-18(19)27-23(30)15-29-25(32)22(38-26(29)33)14-17-7-8-20(21(13-17)35-2)37-16-24(31)28-9-11-36-12-10-28/h3-8,13-14H,9-12,15-16H2,1-2H3,(H,27,30)/b22-14-. The topological polar surface area (TPSA) is 124 Å². The number of thioether (sulfide) groups is 1. The van der Waals surface area contributed by atoms with E-state index in [1.165, 1.54) is 20.3 Å². The Morgan fingerprint density at radius 1 is 1.03 bits per heavy atom. The van der Waals surface area contributed by atoms with E-state index in [1.54, 1.807) is 47.4 Å². The van der Waals surface area contributed by atoms with Crippen LogP contribution in [0.25, 0.3) is 6.08 Å². The molecule has 1 N–H and O–H groups in total. The molecule has 2 aliphatic rings. The minimum absolute atomic E-state index is 0.147. The first-order chi connectivity index (χ1) is 18.4. The van der Waals surface area contributed by atoms with Crippen molar-refractivity contribution in [2.45, 2.75) is 0 Å². The number of rotatable bonds is 9. The summed E-state index contributed by atoms with van der Waals surface area (Å²) < 4.78 is 21.5. The average molecular weight is 542 g/mol. The third-order valence-electron chi connectivity index (χ3n) is 5.76. The highest BCUT2D eigenvalue weighted by Gasteiger charge is 2.36. The van der Waals surface area contributed by atoms with Gasteiger partial charge in [-0.1, -0.05) is 18.2 Å². The van der Waals surface area contributed by atoms with Crippen molar-refractivity contribution in [1.82, 2.24) is 9.80 Å². The zero-order chi connectivity index (χ0) is 27.1. The van der Waals surface area contributed by atoms with Crippen LogP contribution in [0.1, 0.15) is 5.56 Å². The monoisotopic (exact) mass is 541 g/mol. The van der Waals surface area contributed by atoms with Gasteiger partial charge in [-0.15, -0.1) is 0 Å². The molecular weight excluding hydrogens is 514 g/mol. The predicted molar refractivity (Wildman–Crippen MR) is 140 cm³/mol. The predicted octanol–water partition coefficient (Wildman–Crippen LogP) is 2.62. The van der Waals surface area contributed by atoms with Crippen molar-refractivity contribution in [2.24, 2.45) is 0 Å². The van der Waals surface area contributed by atoms with Crippen molar-refractivity contribution in [1.29, 1.82) is 0 Å². The van der Waals surface area contributed by atoms with Crippen LogP contribution in [0.2, 0.25) is 0 Å². The molecule has 2 aromatic rings. The maximum atomic E-state index is 12.9. The number of para-hydroxylation sites is 2.